The maximum atomic E-state index is 5.59. The van der Waals surface area contributed by atoms with E-state index in [4.69, 9.17) is 4.74 Å². The third kappa shape index (κ3) is 4.26. The van der Waals surface area contributed by atoms with Crippen molar-refractivity contribution in [2.24, 2.45) is 0 Å². The summed E-state index contributed by atoms with van der Waals surface area (Å²) in [5, 5.41) is 3.33. The van der Waals surface area contributed by atoms with Gasteiger partial charge < -0.3 is 10.1 Å². The van der Waals surface area contributed by atoms with E-state index in [1.54, 1.807) is 0 Å². The lowest BCUT2D eigenvalue weighted by Gasteiger charge is -2.08. The minimum absolute atomic E-state index is 0.662. The zero-order valence-electron chi connectivity index (χ0n) is 9.40. The van der Waals surface area contributed by atoms with Crippen molar-refractivity contribution in [3.8, 4) is 5.75 Å². The minimum atomic E-state index is 0.662. The topological polar surface area (TPSA) is 21.3 Å². The van der Waals surface area contributed by atoms with Crippen molar-refractivity contribution in [2.75, 3.05) is 18.5 Å². The zero-order chi connectivity index (χ0) is 11.9. The smallest absolute Gasteiger partial charge is 0.119 e. The van der Waals surface area contributed by atoms with E-state index in [9.17, 15) is 0 Å². The molecule has 0 spiro atoms. The van der Waals surface area contributed by atoms with Crippen molar-refractivity contribution in [3.05, 3.63) is 58.2 Å². The fourth-order valence-electron chi connectivity index (χ4n) is 1.48. The van der Waals surface area contributed by atoms with Gasteiger partial charge in [-0.3, -0.25) is 0 Å². The number of anilines is 1. The molecular weight excluding hydrogens is 325 g/mol. The second kappa shape index (κ2) is 6.49. The van der Waals surface area contributed by atoms with E-state index in [1.807, 2.05) is 36.4 Å². The Bertz CT molecular complexity index is 459. The predicted molar refractivity (Wildman–Crippen MR) is 79.6 cm³/mol. The second-order valence-electron chi connectivity index (χ2n) is 3.60. The lowest BCUT2D eigenvalue weighted by molar-refractivity contribution is 0.333. The van der Waals surface area contributed by atoms with Gasteiger partial charge in [0.15, 0.2) is 0 Å². The first-order valence-corrected chi connectivity index (χ1v) is 6.60. The van der Waals surface area contributed by atoms with Gasteiger partial charge in [0.25, 0.3) is 0 Å². The molecule has 3 heteroatoms. The van der Waals surface area contributed by atoms with Crippen molar-refractivity contribution >= 4 is 28.3 Å². The van der Waals surface area contributed by atoms with Crippen LogP contribution in [0.25, 0.3) is 0 Å². The molecule has 0 atom stereocenters. The van der Waals surface area contributed by atoms with E-state index < -0.39 is 0 Å². The van der Waals surface area contributed by atoms with Gasteiger partial charge in [-0.2, -0.15) is 0 Å². The average molecular weight is 339 g/mol. The average Bonchev–Trinajstić information content (AvgIpc) is 2.36. The Labute approximate surface area is 115 Å². The maximum absolute atomic E-state index is 5.59. The molecule has 0 aliphatic rings. The first-order valence-electron chi connectivity index (χ1n) is 5.52. The number of hydrogen-bond donors (Lipinski definition) is 1. The third-order valence-electron chi connectivity index (χ3n) is 2.27. The van der Waals surface area contributed by atoms with Crippen LogP contribution in [0.3, 0.4) is 0 Å². The van der Waals surface area contributed by atoms with Gasteiger partial charge in [0, 0.05) is 15.8 Å². The maximum Gasteiger partial charge on any atom is 0.119 e. The molecular formula is C14H14INO. The number of ether oxygens (including phenoxy) is 1. The molecule has 0 saturated carbocycles. The highest BCUT2D eigenvalue weighted by Crippen LogP contribution is 2.12. The van der Waals surface area contributed by atoms with Crippen LogP contribution < -0.4 is 10.1 Å². The molecule has 2 aromatic rings. The number of rotatable bonds is 5. The first kappa shape index (κ1) is 12.2. The van der Waals surface area contributed by atoms with Gasteiger partial charge in [-0.25, -0.2) is 0 Å². The van der Waals surface area contributed by atoms with Crippen LogP contribution >= 0.6 is 22.6 Å². The van der Waals surface area contributed by atoms with Gasteiger partial charge in [-0.1, -0.05) is 24.3 Å². The monoisotopic (exact) mass is 339 g/mol. The minimum Gasteiger partial charge on any atom is -0.492 e. The van der Waals surface area contributed by atoms with Crippen LogP contribution in [0.2, 0.25) is 0 Å². The van der Waals surface area contributed by atoms with Crippen molar-refractivity contribution in [1.29, 1.82) is 0 Å². The van der Waals surface area contributed by atoms with E-state index in [0.717, 1.165) is 18.0 Å². The molecule has 0 aliphatic heterocycles. The Morgan fingerprint density at radius 3 is 2.59 bits per heavy atom. The Morgan fingerprint density at radius 2 is 1.82 bits per heavy atom. The summed E-state index contributed by atoms with van der Waals surface area (Å²) in [6.45, 7) is 1.46. The number of nitrogens with one attached hydrogen (secondary N) is 1. The number of para-hydroxylation sites is 1. The number of hydrogen-bond acceptors (Lipinski definition) is 2. The fraction of sp³-hybridized carbons (Fsp3) is 0.143. The van der Waals surface area contributed by atoms with Gasteiger partial charge in [0.2, 0.25) is 0 Å². The molecule has 0 aliphatic carbocycles. The molecule has 88 valence electrons. The first-order chi connectivity index (χ1) is 8.34. The van der Waals surface area contributed by atoms with E-state index >= 15 is 0 Å². The summed E-state index contributed by atoms with van der Waals surface area (Å²) in [4.78, 5) is 0. The van der Waals surface area contributed by atoms with Crippen LogP contribution in [-0.4, -0.2) is 13.2 Å². The lowest BCUT2D eigenvalue weighted by Crippen LogP contribution is -2.11. The molecule has 2 rings (SSSR count). The van der Waals surface area contributed by atoms with Crippen molar-refractivity contribution in [2.45, 2.75) is 0 Å². The van der Waals surface area contributed by atoms with Gasteiger partial charge in [-0.15, -0.1) is 0 Å². The highest BCUT2D eigenvalue weighted by Gasteiger charge is 1.94. The van der Waals surface area contributed by atoms with Gasteiger partial charge in [0.05, 0.1) is 0 Å². The molecule has 0 unspecified atom stereocenters. The molecule has 0 saturated heterocycles. The number of benzene rings is 2. The predicted octanol–water partition coefficient (Wildman–Crippen LogP) is 3.78. The summed E-state index contributed by atoms with van der Waals surface area (Å²) in [6.07, 6.45) is 0. The van der Waals surface area contributed by atoms with Gasteiger partial charge in [0.1, 0.15) is 12.4 Å². The molecule has 0 amide bonds. The summed E-state index contributed by atoms with van der Waals surface area (Å²) < 4.78 is 6.83. The zero-order valence-corrected chi connectivity index (χ0v) is 11.6. The summed E-state index contributed by atoms with van der Waals surface area (Å²) >= 11 is 2.30. The summed E-state index contributed by atoms with van der Waals surface area (Å²) in [5.74, 6) is 0.914. The molecule has 0 bridgehead atoms. The van der Waals surface area contributed by atoms with E-state index in [0.29, 0.717) is 6.61 Å². The highest BCUT2D eigenvalue weighted by atomic mass is 127. The fourth-order valence-corrected chi connectivity index (χ4v) is 2.02. The molecule has 17 heavy (non-hydrogen) atoms. The Hall–Kier alpha value is -1.23. The quantitative estimate of drug-likeness (QED) is 0.661. The van der Waals surface area contributed by atoms with E-state index in [2.05, 4.69) is 46.1 Å². The van der Waals surface area contributed by atoms with Gasteiger partial charge in [-0.05, 0) is 52.9 Å². The summed E-state index contributed by atoms with van der Waals surface area (Å²) in [6, 6.07) is 18.2. The van der Waals surface area contributed by atoms with Crippen LogP contribution in [0.4, 0.5) is 5.69 Å². The Balaban J connectivity index is 1.73. The van der Waals surface area contributed by atoms with Crippen LogP contribution in [0, 0.1) is 3.57 Å². The molecule has 2 nitrogen and oxygen atoms in total. The standard InChI is InChI=1S/C14H14INO/c15-12-5-4-6-13(11-12)16-9-10-17-14-7-2-1-3-8-14/h1-8,11,16H,9-10H2. The number of halogens is 1. The SMILES string of the molecule is Ic1cccc(NCCOc2ccccc2)c1. The van der Waals surface area contributed by atoms with E-state index in [1.165, 1.54) is 3.57 Å². The lowest BCUT2D eigenvalue weighted by atomic mass is 10.3. The van der Waals surface area contributed by atoms with Crippen LogP contribution in [0.15, 0.2) is 54.6 Å². The molecule has 0 fully saturated rings. The normalized spacial score (nSPS) is 9.94. The molecule has 2 aromatic carbocycles. The molecule has 1 N–H and O–H groups in total. The second-order valence-corrected chi connectivity index (χ2v) is 4.84. The van der Waals surface area contributed by atoms with Crippen molar-refractivity contribution < 1.29 is 4.74 Å². The van der Waals surface area contributed by atoms with E-state index in [-0.39, 0.29) is 0 Å². The Morgan fingerprint density at radius 1 is 1.00 bits per heavy atom. The Kier molecular flexibility index (Phi) is 4.67. The molecule has 0 heterocycles. The highest BCUT2D eigenvalue weighted by molar-refractivity contribution is 14.1. The summed E-state index contributed by atoms with van der Waals surface area (Å²) in [7, 11) is 0. The molecule has 0 radical (unpaired) electrons. The largest absolute Gasteiger partial charge is 0.492 e. The van der Waals surface area contributed by atoms with Crippen molar-refractivity contribution in [1.82, 2.24) is 0 Å². The van der Waals surface area contributed by atoms with Crippen molar-refractivity contribution in [3.63, 3.8) is 0 Å². The molecule has 0 aromatic heterocycles. The third-order valence-corrected chi connectivity index (χ3v) is 2.94. The van der Waals surface area contributed by atoms with Crippen LogP contribution in [0.1, 0.15) is 0 Å². The summed E-state index contributed by atoms with van der Waals surface area (Å²) in [5.41, 5.74) is 1.13. The van der Waals surface area contributed by atoms with Crippen LogP contribution in [0.5, 0.6) is 5.75 Å². The van der Waals surface area contributed by atoms with Crippen LogP contribution in [-0.2, 0) is 0 Å². The van der Waals surface area contributed by atoms with Gasteiger partial charge >= 0.3 is 0 Å².